The van der Waals surface area contributed by atoms with E-state index >= 15 is 0 Å². The Morgan fingerprint density at radius 3 is 2.81 bits per heavy atom. The summed E-state index contributed by atoms with van der Waals surface area (Å²) in [6.45, 7) is 0. The number of fused-ring (bicyclic) bond motifs is 1. The molecule has 2 heterocycles. The van der Waals surface area contributed by atoms with Gasteiger partial charge in [0.1, 0.15) is 0 Å². The van der Waals surface area contributed by atoms with Crippen molar-refractivity contribution in [1.29, 1.82) is 0 Å². The van der Waals surface area contributed by atoms with Gasteiger partial charge in [-0.3, -0.25) is 9.36 Å². The maximum Gasteiger partial charge on any atom is 0.313 e. The molecule has 0 bridgehead atoms. The molecule has 0 spiro atoms. The Kier molecular flexibility index (Phi) is 4.12. The SMILES string of the molecule is O=C(O)CSc1nc2cc(Cl)c(Cl)cc2n1-c1ccsc1. The quantitative estimate of drug-likeness (QED) is 0.694. The molecular weight excluding hydrogens is 351 g/mol. The Morgan fingerprint density at radius 1 is 1.38 bits per heavy atom. The van der Waals surface area contributed by atoms with Crippen LogP contribution in [0.5, 0.6) is 0 Å². The van der Waals surface area contributed by atoms with Crippen LogP contribution in [0, 0.1) is 0 Å². The van der Waals surface area contributed by atoms with Gasteiger partial charge in [-0.2, -0.15) is 11.3 Å². The maximum atomic E-state index is 10.8. The molecule has 0 saturated carbocycles. The van der Waals surface area contributed by atoms with E-state index in [9.17, 15) is 4.79 Å². The lowest BCUT2D eigenvalue weighted by Crippen LogP contribution is -2.01. The Bertz CT molecular complexity index is 815. The van der Waals surface area contributed by atoms with Crippen LogP contribution in [0.4, 0.5) is 0 Å². The number of rotatable bonds is 4. The number of hydrogen-bond donors (Lipinski definition) is 1. The average molecular weight is 359 g/mol. The van der Waals surface area contributed by atoms with Gasteiger partial charge in [0.15, 0.2) is 5.16 Å². The van der Waals surface area contributed by atoms with Crippen molar-refractivity contribution in [2.24, 2.45) is 0 Å². The Morgan fingerprint density at radius 2 is 2.14 bits per heavy atom. The highest BCUT2D eigenvalue weighted by molar-refractivity contribution is 7.99. The number of carbonyl (C=O) groups is 1. The second kappa shape index (κ2) is 5.88. The zero-order valence-corrected chi connectivity index (χ0v) is 13.6. The van der Waals surface area contributed by atoms with E-state index in [0.29, 0.717) is 20.7 Å². The standard InChI is InChI=1S/C13H8Cl2N2O2S2/c14-8-3-10-11(4-9(8)15)17(7-1-2-20-5-7)13(16-10)21-6-12(18)19/h1-5H,6H2,(H,18,19). The highest BCUT2D eigenvalue weighted by Crippen LogP contribution is 2.33. The summed E-state index contributed by atoms with van der Waals surface area (Å²) in [6, 6.07) is 5.38. The third kappa shape index (κ3) is 2.89. The molecular formula is C13H8Cl2N2O2S2. The number of benzene rings is 1. The molecule has 1 aromatic carbocycles. The van der Waals surface area contributed by atoms with Crippen LogP contribution in [0.15, 0.2) is 34.1 Å². The lowest BCUT2D eigenvalue weighted by atomic mass is 10.3. The normalized spacial score (nSPS) is 11.1. The molecule has 0 saturated heterocycles. The molecule has 0 unspecified atom stereocenters. The lowest BCUT2D eigenvalue weighted by molar-refractivity contribution is -0.133. The molecule has 3 rings (SSSR count). The first-order chi connectivity index (χ1) is 10.1. The third-order valence-electron chi connectivity index (χ3n) is 2.75. The zero-order chi connectivity index (χ0) is 15.0. The first kappa shape index (κ1) is 14.7. The van der Waals surface area contributed by atoms with Crippen LogP contribution in [-0.2, 0) is 4.79 Å². The average Bonchev–Trinajstić information content (AvgIpc) is 3.04. The smallest absolute Gasteiger partial charge is 0.313 e. The highest BCUT2D eigenvalue weighted by Gasteiger charge is 2.16. The summed E-state index contributed by atoms with van der Waals surface area (Å²) in [4.78, 5) is 15.3. The van der Waals surface area contributed by atoms with Gasteiger partial charge in [0.2, 0.25) is 0 Å². The number of aliphatic carboxylic acids is 1. The molecule has 4 nitrogen and oxygen atoms in total. The fourth-order valence-corrected chi connectivity index (χ4v) is 3.59. The van der Waals surface area contributed by atoms with Crippen LogP contribution in [-0.4, -0.2) is 26.4 Å². The van der Waals surface area contributed by atoms with Crippen molar-refractivity contribution in [3.63, 3.8) is 0 Å². The number of carboxylic acid groups (broad SMARTS) is 1. The van der Waals surface area contributed by atoms with Crippen LogP contribution >= 0.6 is 46.3 Å². The number of halogens is 2. The summed E-state index contributed by atoms with van der Waals surface area (Å²) in [5.74, 6) is -0.949. The van der Waals surface area contributed by atoms with E-state index in [-0.39, 0.29) is 5.75 Å². The van der Waals surface area contributed by atoms with Crippen LogP contribution in [0.1, 0.15) is 0 Å². The molecule has 8 heteroatoms. The van der Waals surface area contributed by atoms with E-state index in [1.165, 1.54) is 0 Å². The molecule has 3 aromatic rings. The molecule has 0 atom stereocenters. The van der Waals surface area contributed by atoms with E-state index < -0.39 is 5.97 Å². The summed E-state index contributed by atoms with van der Waals surface area (Å²) in [5.41, 5.74) is 2.41. The minimum Gasteiger partial charge on any atom is -0.481 e. The minimum absolute atomic E-state index is 0.0606. The van der Waals surface area contributed by atoms with Crippen molar-refractivity contribution >= 4 is 63.3 Å². The van der Waals surface area contributed by atoms with E-state index in [1.54, 1.807) is 23.5 Å². The predicted molar refractivity (Wildman–Crippen MR) is 87.3 cm³/mol. The number of carboxylic acids is 1. The Hall–Kier alpha value is -1.21. The summed E-state index contributed by atoms with van der Waals surface area (Å²) in [6.07, 6.45) is 0. The van der Waals surface area contributed by atoms with Gasteiger partial charge in [0.05, 0.1) is 32.5 Å². The van der Waals surface area contributed by atoms with Crippen molar-refractivity contribution in [2.75, 3.05) is 5.75 Å². The first-order valence-corrected chi connectivity index (χ1v) is 8.49. The lowest BCUT2D eigenvalue weighted by Gasteiger charge is -2.06. The molecule has 0 aliphatic carbocycles. The number of imidazole rings is 1. The largest absolute Gasteiger partial charge is 0.481 e. The van der Waals surface area contributed by atoms with Gasteiger partial charge in [0.25, 0.3) is 0 Å². The predicted octanol–water partition coefficient (Wildman–Crippen LogP) is 4.57. The van der Waals surface area contributed by atoms with Gasteiger partial charge in [-0.1, -0.05) is 35.0 Å². The van der Waals surface area contributed by atoms with Gasteiger partial charge in [0, 0.05) is 5.38 Å². The van der Waals surface area contributed by atoms with Gasteiger partial charge < -0.3 is 5.11 Å². The van der Waals surface area contributed by atoms with Crippen LogP contribution < -0.4 is 0 Å². The van der Waals surface area contributed by atoms with Crippen molar-refractivity contribution in [3.05, 3.63) is 39.0 Å². The fourth-order valence-electron chi connectivity index (χ4n) is 1.91. The van der Waals surface area contributed by atoms with E-state index in [1.807, 2.05) is 21.4 Å². The number of thiophene rings is 1. The molecule has 0 amide bonds. The number of thioether (sulfide) groups is 1. The molecule has 0 aliphatic heterocycles. The molecule has 0 aliphatic rings. The Labute approximate surface area is 138 Å². The second-order valence-electron chi connectivity index (χ2n) is 4.15. The van der Waals surface area contributed by atoms with Crippen LogP contribution in [0.3, 0.4) is 0 Å². The third-order valence-corrected chi connectivity index (χ3v) is 5.07. The summed E-state index contributed by atoms with van der Waals surface area (Å²) >= 11 is 14.8. The summed E-state index contributed by atoms with van der Waals surface area (Å²) in [7, 11) is 0. The Balaban J connectivity index is 2.20. The second-order valence-corrected chi connectivity index (χ2v) is 6.69. The van der Waals surface area contributed by atoms with Crippen molar-refractivity contribution in [1.82, 2.24) is 9.55 Å². The molecule has 0 fully saturated rings. The zero-order valence-electron chi connectivity index (χ0n) is 10.4. The molecule has 0 radical (unpaired) electrons. The van der Waals surface area contributed by atoms with Gasteiger partial charge >= 0.3 is 5.97 Å². The van der Waals surface area contributed by atoms with E-state index in [4.69, 9.17) is 28.3 Å². The van der Waals surface area contributed by atoms with E-state index in [2.05, 4.69) is 4.98 Å². The molecule has 21 heavy (non-hydrogen) atoms. The van der Waals surface area contributed by atoms with Crippen molar-refractivity contribution in [2.45, 2.75) is 5.16 Å². The maximum absolute atomic E-state index is 10.8. The summed E-state index contributed by atoms with van der Waals surface area (Å²) < 4.78 is 1.89. The highest BCUT2D eigenvalue weighted by atomic mass is 35.5. The first-order valence-electron chi connectivity index (χ1n) is 5.81. The van der Waals surface area contributed by atoms with Gasteiger partial charge in [-0.05, 0) is 23.6 Å². The topological polar surface area (TPSA) is 55.1 Å². The molecule has 2 aromatic heterocycles. The molecule has 1 N–H and O–H groups in total. The monoisotopic (exact) mass is 358 g/mol. The number of hydrogen-bond acceptors (Lipinski definition) is 4. The molecule has 108 valence electrons. The van der Waals surface area contributed by atoms with E-state index in [0.717, 1.165) is 23.0 Å². The minimum atomic E-state index is -0.889. The number of aromatic nitrogens is 2. The van der Waals surface area contributed by atoms with Crippen molar-refractivity contribution in [3.8, 4) is 5.69 Å². The summed E-state index contributed by atoms with van der Waals surface area (Å²) in [5, 5.41) is 14.2. The van der Waals surface area contributed by atoms with Crippen molar-refractivity contribution < 1.29 is 9.90 Å². The van der Waals surface area contributed by atoms with Crippen LogP contribution in [0.25, 0.3) is 16.7 Å². The van der Waals surface area contributed by atoms with Crippen LogP contribution in [0.2, 0.25) is 10.0 Å². The van der Waals surface area contributed by atoms with Gasteiger partial charge in [-0.25, -0.2) is 4.98 Å². The number of nitrogens with zero attached hydrogens (tertiary/aromatic N) is 2. The van der Waals surface area contributed by atoms with Gasteiger partial charge in [-0.15, -0.1) is 0 Å². The fraction of sp³-hybridized carbons (Fsp3) is 0.0769.